The van der Waals surface area contributed by atoms with Crippen LogP contribution in [0.4, 0.5) is 11.5 Å². The van der Waals surface area contributed by atoms with Gasteiger partial charge in [0.2, 0.25) is 0 Å². The van der Waals surface area contributed by atoms with Gasteiger partial charge in [-0.1, -0.05) is 0 Å². The van der Waals surface area contributed by atoms with Gasteiger partial charge >= 0.3 is 0 Å². The fourth-order valence-electron chi connectivity index (χ4n) is 2.13. The van der Waals surface area contributed by atoms with E-state index in [1.165, 1.54) is 0 Å². The van der Waals surface area contributed by atoms with Gasteiger partial charge in [-0.2, -0.15) is 0 Å². The van der Waals surface area contributed by atoms with Crippen LogP contribution in [0.25, 0.3) is 0 Å². The molecular weight excluding hydrogens is 292 g/mol. The molecule has 122 valence electrons. The van der Waals surface area contributed by atoms with E-state index in [4.69, 9.17) is 21.0 Å². The molecule has 1 aromatic heterocycles. The standard InChI is InChI=1S/C17H22N4O2/c1-3-23-13-4-5-15(18)14(9-13)17(19)12-6-7-20-16(8-12)21-11(2)10-22/h4-9,11,19,22H,3,10,18H2,1-2H3,(H,20,21)/t11-/m0/s1. The number of hydrogen-bond donors (Lipinski definition) is 4. The first-order valence-electron chi connectivity index (χ1n) is 7.50. The Morgan fingerprint density at radius 3 is 2.87 bits per heavy atom. The van der Waals surface area contributed by atoms with Crippen molar-refractivity contribution in [1.29, 1.82) is 5.41 Å². The summed E-state index contributed by atoms with van der Waals surface area (Å²) in [7, 11) is 0. The number of rotatable bonds is 7. The molecule has 0 saturated carbocycles. The highest BCUT2D eigenvalue weighted by molar-refractivity contribution is 6.14. The van der Waals surface area contributed by atoms with Crippen molar-refractivity contribution in [2.75, 3.05) is 24.3 Å². The van der Waals surface area contributed by atoms with E-state index in [0.717, 1.165) is 0 Å². The lowest BCUT2D eigenvalue weighted by atomic mass is 10.0. The summed E-state index contributed by atoms with van der Waals surface area (Å²) >= 11 is 0. The number of aliphatic hydroxyl groups is 1. The Bertz CT molecular complexity index is 688. The fraction of sp³-hybridized carbons (Fsp3) is 0.294. The molecule has 0 aliphatic heterocycles. The van der Waals surface area contributed by atoms with Crippen molar-refractivity contribution in [1.82, 2.24) is 4.98 Å². The summed E-state index contributed by atoms with van der Waals surface area (Å²) in [5.41, 5.74) is 8.12. The molecule has 0 radical (unpaired) electrons. The first-order valence-corrected chi connectivity index (χ1v) is 7.50. The zero-order valence-corrected chi connectivity index (χ0v) is 13.3. The van der Waals surface area contributed by atoms with E-state index in [-0.39, 0.29) is 12.6 Å². The van der Waals surface area contributed by atoms with Crippen LogP contribution in [-0.2, 0) is 0 Å². The lowest BCUT2D eigenvalue weighted by molar-refractivity contribution is 0.281. The monoisotopic (exact) mass is 314 g/mol. The van der Waals surface area contributed by atoms with Crippen LogP contribution in [0.1, 0.15) is 25.0 Å². The van der Waals surface area contributed by atoms with Gasteiger partial charge in [-0.25, -0.2) is 4.98 Å². The summed E-state index contributed by atoms with van der Waals surface area (Å²) in [6.45, 7) is 4.32. The molecule has 6 heteroatoms. The molecule has 0 fully saturated rings. The molecule has 0 spiro atoms. The van der Waals surface area contributed by atoms with Crippen LogP contribution in [0.15, 0.2) is 36.5 Å². The van der Waals surface area contributed by atoms with Crippen molar-refractivity contribution in [3.05, 3.63) is 47.7 Å². The second-order valence-electron chi connectivity index (χ2n) is 5.21. The Labute approximate surface area is 135 Å². The number of nitrogens with two attached hydrogens (primary N) is 1. The SMILES string of the molecule is CCOc1ccc(N)c(C(=N)c2ccnc(N[C@@H](C)CO)c2)c1. The molecule has 1 atom stereocenters. The number of pyridine rings is 1. The van der Waals surface area contributed by atoms with Gasteiger partial charge in [-0.15, -0.1) is 0 Å². The molecule has 2 rings (SSSR count). The second kappa shape index (κ2) is 7.60. The van der Waals surface area contributed by atoms with Crippen LogP contribution in [0, 0.1) is 5.41 Å². The highest BCUT2D eigenvalue weighted by atomic mass is 16.5. The maximum atomic E-state index is 9.11. The maximum absolute atomic E-state index is 9.11. The summed E-state index contributed by atoms with van der Waals surface area (Å²) in [4.78, 5) is 4.20. The van der Waals surface area contributed by atoms with Gasteiger partial charge in [0.25, 0.3) is 0 Å². The number of ether oxygens (including phenoxy) is 1. The third kappa shape index (κ3) is 4.20. The van der Waals surface area contributed by atoms with Crippen LogP contribution in [-0.4, -0.2) is 35.1 Å². The number of aromatic nitrogens is 1. The molecule has 1 aromatic carbocycles. The van der Waals surface area contributed by atoms with Crippen molar-refractivity contribution < 1.29 is 9.84 Å². The molecule has 0 unspecified atom stereocenters. The van der Waals surface area contributed by atoms with E-state index < -0.39 is 0 Å². The summed E-state index contributed by atoms with van der Waals surface area (Å²) < 4.78 is 5.47. The highest BCUT2D eigenvalue weighted by Gasteiger charge is 2.11. The molecule has 5 N–H and O–H groups in total. The van der Waals surface area contributed by atoms with Gasteiger partial charge in [0.1, 0.15) is 11.6 Å². The maximum Gasteiger partial charge on any atom is 0.126 e. The van der Waals surface area contributed by atoms with E-state index in [1.54, 1.807) is 36.5 Å². The average molecular weight is 314 g/mol. The zero-order valence-electron chi connectivity index (χ0n) is 13.3. The largest absolute Gasteiger partial charge is 0.494 e. The predicted molar refractivity (Wildman–Crippen MR) is 92.4 cm³/mol. The lowest BCUT2D eigenvalue weighted by Crippen LogP contribution is -2.20. The summed E-state index contributed by atoms with van der Waals surface area (Å²) in [5, 5.41) is 20.6. The molecule has 6 nitrogen and oxygen atoms in total. The minimum Gasteiger partial charge on any atom is -0.494 e. The van der Waals surface area contributed by atoms with Gasteiger partial charge < -0.3 is 20.9 Å². The van der Waals surface area contributed by atoms with Crippen LogP contribution in [0.3, 0.4) is 0 Å². The van der Waals surface area contributed by atoms with Gasteiger partial charge in [0, 0.05) is 29.1 Å². The van der Waals surface area contributed by atoms with Crippen molar-refractivity contribution in [3.63, 3.8) is 0 Å². The van der Waals surface area contributed by atoms with Crippen LogP contribution >= 0.6 is 0 Å². The van der Waals surface area contributed by atoms with E-state index >= 15 is 0 Å². The number of nitrogens with zero attached hydrogens (tertiary/aromatic N) is 1. The third-order valence-corrected chi connectivity index (χ3v) is 3.32. The third-order valence-electron chi connectivity index (χ3n) is 3.32. The average Bonchev–Trinajstić information content (AvgIpc) is 2.56. The second-order valence-corrected chi connectivity index (χ2v) is 5.21. The number of anilines is 2. The molecule has 23 heavy (non-hydrogen) atoms. The first kappa shape index (κ1) is 16.8. The molecule has 0 bridgehead atoms. The van der Waals surface area contributed by atoms with E-state index in [2.05, 4.69) is 10.3 Å². The minimum absolute atomic E-state index is 0.00665. The van der Waals surface area contributed by atoms with Crippen LogP contribution in [0.5, 0.6) is 5.75 Å². The highest BCUT2D eigenvalue weighted by Crippen LogP contribution is 2.23. The molecule has 0 amide bonds. The Morgan fingerprint density at radius 1 is 1.39 bits per heavy atom. The van der Waals surface area contributed by atoms with Gasteiger partial charge in [-0.05, 0) is 44.2 Å². The van der Waals surface area contributed by atoms with Gasteiger partial charge in [-0.3, -0.25) is 5.41 Å². The van der Waals surface area contributed by atoms with Crippen molar-refractivity contribution in [2.45, 2.75) is 19.9 Å². The van der Waals surface area contributed by atoms with E-state index in [0.29, 0.717) is 40.7 Å². The smallest absolute Gasteiger partial charge is 0.126 e. The predicted octanol–water partition coefficient (Wildman–Crippen LogP) is 2.27. The Hall–Kier alpha value is -2.60. The van der Waals surface area contributed by atoms with Crippen molar-refractivity contribution >= 4 is 17.2 Å². The zero-order chi connectivity index (χ0) is 16.8. The number of aliphatic hydroxyl groups excluding tert-OH is 1. The number of nitrogen functional groups attached to an aromatic ring is 1. The quantitative estimate of drug-likeness (QED) is 0.463. The van der Waals surface area contributed by atoms with Crippen molar-refractivity contribution in [3.8, 4) is 5.75 Å². The lowest BCUT2D eigenvalue weighted by Gasteiger charge is -2.14. The molecule has 0 aliphatic rings. The van der Waals surface area contributed by atoms with Gasteiger partial charge in [0.15, 0.2) is 0 Å². The first-order chi connectivity index (χ1) is 11.0. The van der Waals surface area contributed by atoms with Crippen LogP contribution < -0.4 is 15.8 Å². The summed E-state index contributed by atoms with van der Waals surface area (Å²) in [6.07, 6.45) is 1.62. The Kier molecular flexibility index (Phi) is 5.54. The number of nitrogens with one attached hydrogen (secondary N) is 2. The number of benzene rings is 1. The molecule has 1 heterocycles. The summed E-state index contributed by atoms with van der Waals surface area (Å²) in [6, 6.07) is 8.70. The molecule has 0 aliphatic carbocycles. The Balaban J connectivity index is 2.30. The summed E-state index contributed by atoms with van der Waals surface area (Å²) in [5.74, 6) is 1.29. The van der Waals surface area contributed by atoms with Gasteiger partial charge in [0.05, 0.1) is 18.9 Å². The Morgan fingerprint density at radius 2 is 2.17 bits per heavy atom. The normalized spacial score (nSPS) is 11.8. The van der Waals surface area contributed by atoms with Crippen LogP contribution in [0.2, 0.25) is 0 Å². The van der Waals surface area contributed by atoms with E-state index in [1.807, 2.05) is 13.8 Å². The molecule has 0 saturated heterocycles. The topological polar surface area (TPSA) is 104 Å². The molecule has 2 aromatic rings. The molecular formula is C17H22N4O2. The van der Waals surface area contributed by atoms with Crippen molar-refractivity contribution in [2.24, 2.45) is 0 Å². The minimum atomic E-state index is -0.113. The number of hydrogen-bond acceptors (Lipinski definition) is 6. The van der Waals surface area contributed by atoms with E-state index in [9.17, 15) is 0 Å². The fourth-order valence-corrected chi connectivity index (χ4v) is 2.13.